The van der Waals surface area contributed by atoms with Crippen molar-refractivity contribution in [1.29, 1.82) is 0 Å². The molecule has 1 fully saturated rings. The molecule has 4 rings (SSSR count). The Morgan fingerprint density at radius 1 is 1.31 bits per heavy atom. The van der Waals surface area contributed by atoms with Crippen LogP contribution >= 0.6 is 11.6 Å². The number of hydrogen-bond donors (Lipinski definition) is 1. The van der Waals surface area contributed by atoms with Gasteiger partial charge in [0.2, 0.25) is 11.8 Å². The fraction of sp³-hybridized carbons (Fsp3) is 0.476. The monoisotopic (exact) mass is 471 g/mol. The van der Waals surface area contributed by atoms with Crippen LogP contribution in [0.2, 0.25) is 5.02 Å². The molecule has 2 heterocycles. The molecule has 7 nitrogen and oxygen atoms in total. The lowest BCUT2D eigenvalue weighted by molar-refractivity contribution is -0.352. The van der Waals surface area contributed by atoms with Gasteiger partial charge in [-0.05, 0) is 55.9 Å². The van der Waals surface area contributed by atoms with E-state index in [1.807, 2.05) is 6.07 Å². The van der Waals surface area contributed by atoms with Crippen molar-refractivity contribution in [2.75, 3.05) is 0 Å². The summed E-state index contributed by atoms with van der Waals surface area (Å²) >= 11 is 5.98. The van der Waals surface area contributed by atoms with E-state index in [1.54, 1.807) is 12.1 Å². The largest absolute Gasteiger partial charge is 0.522 e. The number of hydrogen-bond acceptors (Lipinski definition) is 6. The van der Waals surface area contributed by atoms with Gasteiger partial charge in [-0.1, -0.05) is 18.2 Å². The number of aromatic nitrogens is 2. The van der Waals surface area contributed by atoms with E-state index in [-0.39, 0.29) is 24.7 Å². The van der Waals surface area contributed by atoms with E-state index in [0.717, 1.165) is 5.56 Å². The first-order valence-corrected chi connectivity index (χ1v) is 10.5. The fourth-order valence-electron chi connectivity index (χ4n) is 3.70. The molecule has 172 valence electrons. The summed E-state index contributed by atoms with van der Waals surface area (Å²) in [4.78, 5) is 12.5. The van der Waals surface area contributed by atoms with Gasteiger partial charge in [-0.15, -0.1) is 23.4 Å². The number of alkyl halides is 3. The summed E-state index contributed by atoms with van der Waals surface area (Å²) in [6.45, 7) is 3.86. The third-order valence-electron chi connectivity index (χ3n) is 5.43. The number of nitrogens with zero attached hydrogens (tertiary/aromatic N) is 2. The normalized spacial score (nSPS) is 22.4. The van der Waals surface area contributed by atoms with E-state index in [2.05, 4.69) is 26.8 Å². The van der Waals surface area contributed by atoms with E-state index >= 15 is 0 Å². The second-order valence-corrected chi connectivity index (χ2v) is 8.31. The van der Waals surface area contributed by atoms with Crippen LogP contribution in [0.5, 0.6) is 5.75 Å². The molecule has 1 atom stereocenters. The molecule has 1 saturated carbocycles. The summed E-state index contributed by atoms with van der Waals surface area (Å²) in [7, 11) is 0. The molecule has 2 aromatic rings. The van der Waals surface area contributed by atoms with E-state index in [1.165, 1.54) is 0 Å². The van der Waals surface area contributed by atoms with Crippen LogP contribution in [-0.4, -0.2) is 34.7 Å². The molecular formula is C21H21ClF3N3O4. The van der Waals surface area contributed by atoms with Crippen molar-refractivity contribution in [3.8, 4) is 5.75 Å². The lowest BCUT2D eigenvalue weighted by Gasteiger charge is -2.32. The topological polar surface area (TPSA) is 86.5 Å². The summed E-state index contributed by atoms with van der Waals surface area (Å²) in [5.74, 6) is 0.740. The SMILES string of the molecule is C=C(CCc1nnc([C@H]2C[C@@H](OC(F)(F)F)C2)o1)NC(=O)[C@@H]1CCc2cc(Cl)ccc2O1. The van der Waals surface area contributed by atoms with Crippen molar-refractivity contribution < 1.29 is 31.9 Å². The third-order valence-corrected chi connectivity index (χ3v) is 5.66. The van der Waals surface area contributed by atoms with Crippen LogP contribution in [0.25, 0.3) is 0 Å². The lowest BCUT2D eigenvalue weighted by Crippen LogP contribution is -2.39. The second kappa shape index (κ2) is 9.11. The molecule has 1 aromatic heterocycles. The molecule has 2 aliphatic rings. The fourth-order valence-corrected chi connectivity index (χ4v) is 3.90. The minimum atomic E-state index is -4.64. The van der Waals surface area contributed by atoms with Gasteiger partial charge in [0.15, 0.2) is 6.10 Å². The van der Waals surface area contributed by atoms with Gasteiger partial charge in [0.05, 0.1) is 6.10 Å². The molecule has 1 N–H and O–H groups in total. The number of allylic oxidation sites excluding steroid dienone is 1. The Hall–Kier alpha value is -2.59. The van der Waals surface area contributed by atoms with E-state index < -0.39 is 18.6 Å². The zero-order chi connectivity index (χ0) is 22.9. The number of halogens is 4. The predicted molar refractivity (Wildman–Crippen MR) is 107 cm³/mol. The molecular weight excluding hydrogens is 451 g/mol. The van der Waals surface area contributed by atoms with Gasteiger partial charge in [0.1, 0.15) is 5.75 Å². The third kappa shape index (κ3) is 5.60. The first-order chi connectivity index (χ1) is 15.2. The van der Waals surface area contributed by atoms with E-state index in [4.69, 9.17) is 20.8 Å². The Morgan fingerprint density at radius 2 is 2.09 bits per heavy atom. The van der Waals surface area contributed by atoms with Crippen molar-refractivity contribution in [3.63, 3.8) is 0 Å². The zero-order valence-electron chi connectivity index (χ0n) is 17.0. The molecule has 1 aliphatic heterocycles. The van der Waals surface area contributed by atoms with Crippen LogP contribution in [0, 0.1) is 0 Å². The summed E-state index contributed by atoms with van der Waals surface area (Å²) < 4.78 is 51.9. The summed E-state index contributed by atoms with van der Waals surface area (Å²) in [6, 6.07) is 5.29. The van der Waals surface area contributed by atoms with Gasteiger partial charge in [-0.25, -0.2) is 0 Å². The minimum Gasteiger partial charge on any atom is -0.480 e. The molecule has 11 heteroatoms. The van der Waals surface area contributed by atoms with Crippen molar-refractivity contribution in [2.45, 2.75) is 63.0 Å². The molecule has 32 heavy (non-hydrogen) atoms. The number of carbonyl (C=O) groups excluding carboxylic acids is 1. The molecule has 0 radical (unpaired) electrons. The average molecular weight is 472 g/mol. The van der Waals surface area contributed by atoms with Crippen molar-refractivity contribution in [2.24, 2.45) is 0 Å². The van der Waals surface area contributed by atoms with Crippen LogP contribution < -0.4 is 10.1 Å². The van der Waals surface area contributed by atoms with Crippen molar-refractivity contribution in [3.05, 3.63) is 52.8 Å². The van der Waals surface area contributed by atoms with Gasteiger partial charge in [0.25, 0.3) is 5.91 Å². The van der Waals surface area contributed by atoms with Crippen LogP contribution in [0.1, 0.15) is 48.9 Å². The number of fused-ring (bicyclic) bond motifs is 1. The summed E-state index contributed by atoms with van der Waals surface area (Å²) in [5.41, 5.74) is 1.44. The Balaban J connectivity index is 1.20. The predicted octanol–water partition coefficient (Wildman–Crippen LogP) is 4.46. The van der Waals surface area contributed by atoms with Gasteiger partial charge in [0, 0.05) is 23.1 Å². The maximum atomic E-state index is 12.5. The number of carbonyl (C=O) groups is 1. The smallest absolute Gasteiger partial charge is 0.480 e. The maximum Gasteiger partial charge on any atom is 0.522 e. The molecule has 0 unspecified atom stereocenters. The van der Waals surface area contributed by atoms with Crippen molar-refractivity contribution >= 4 is 17.5 Å². The molecule has 0 saturated heterocycles. The second-order valence-electron chi connectivity index (χ2n) is 7.88. The Bertz CT molecular complexity index is 1000. The Labute approximate surface area is 186 Å². The zero-order valence-corrected chi connectivity index (χ0v) is 17.7. The van der Waals surface area contributed by atoms with Crippen molar-refractivity contribution in [1.82, 2.24) is 15.5 Å². The number of rotatable bonds is 7. The van der Waals surface area contributed by atoms with Crippen LogP contribution in [0.15, 0.2) is 34.9 Å². The lowest BCUT2D eigenvalue weighted by atomic mass is 9.82. The van der Waals surface area contributed by atoms with Gasteiger partial charge in [-0.3, -0.25) is 9.53 Å². The highest BCUT2D eigenvalue weighted by Gasteiger charge is 2.42. The Morgan fingerprint density at radius 3 is 2.84 bits per heavy atom. The van der Waals surface area contributed by atoms with Gasteiger partial charge in [-0.2, -0.15) is 0 Å². The highest BCUT2D eigenvalue weighted by molar-refractivity contribution is 6.30. The average Bonchev–Trinajstić information content (AvgIpc) is 3.16. The molecule has 0 spiro atoms. The maximum absolute atomic E-state index is 12.5. The van der Waals surface area contributed by atoms with E-state index in [9.17, 15) is 18.0 Å². The van der Waals surface area contributed by atoms with Crippen LogP contribution in [0.3, 0.4) is 0 Å². The van der Waals surface area contributed by atoms with Crippen LogP contribution in [-0.2, 0) is 22.4 Å². The first-order valence-electron chi connectivity index (χ1n) is 10.2. The standard InChI is InChI=1S/C21H21ClF3N3O4/c1-11(26-19(29)17-5-3-12-8-14(22)4-6-16(12)30-17)2-7-18-27-28-20(31-18)13-9-15(10-13)32-21(23,24)25/h4,6,8,13,15,17H,1-3,5,7,9-10H2,(H,26,29)/t13-,15+,17-/m0/s1. The highest BCUT2D eigenvalue weighted by Crippen LogP contribution is 2.40. The number of benzene rings is 1. The van der Waals surface area contributed by atoms with Gasteiger partial charge < -0.3 is 14.5 Å². The Kier molecular flexibility index (Phi) is 6.43. The number of aryl methyl sites for hydroxylation is 2. The molecule has 1 aliphatic carbocycles. The van der Waals surface area contributed by atoms with Gasteiger partial charge >= 0.3 is 6.36 Å². The number of nitrogens with one attached hydrogen (secondary N) is 1. The number of ether oxygens (including phenoxy) is 2. The quantitative estimate of drug-likeness (QED) is 0.641. The summed E-state index contributed by atoms with van der Waals surface area (Å²) in [6.07, 6.45) is -3.86. The van der Waals surface area contributed by atoms with Crippen LogP contribution in [0.4, 0.5) is 13.2 Å². The molecule has 1 amide bonds. The minimum absolute atomic E-state index is 0.181. The molecule has 1 aromatic carbocycles. The van der Waals surface area contributed by atoms with E-state index in [0.29, 0.717) is 53.9 Å². The molecule has 0 bridgehead atoms. The first kappa shape index (κ1) is 22.6. The number of amides is 1. The summed E-state index contributed by atoms with van der Waals surface area (Å²) in [5, 5.41) is 11.2. The highest BCUT2D eigenvalue weighted by atomic mass is 35.5.